The van der Waals surface area contributed by atoms with Crippen molar-refractivity contribution >= 4 is 28.1 Å². The molecule has 0 spiro atoms. The van der Waals surface area contributed by atoms with E-state index < -0.39 is 17.8 Å². The van der Waals surface area contributed by atoms with Gasteiger partial charge in [0.1, 0.15) is 11.8 Å². The van der Waals surface area contributed by atoms with Crippen molar-refractivity contribution in [1.82, 2.24) is 4.98 Å². The topological polar surface area (TPSA) is 100 Å². The average molecular weight is 501 g/mol. The normalized spacial score (nSPS) is 14.5. The Labute approximate surface area is 204 Å². The molecule has 0 radical (unpaired) electrons. The Morgan fingerprint density at radius 3 is 2.69 bits per heavy atom. The third-order valence-electron chi connectivity index (χ3n) is 5.31. The minimum Gasteiger partial charge on any atom is -0.381 e. The van der Waals surface area contributed by atoms with Gasteiger partial charge in [0.15, 0.2) is 5.13 Å². The molecule has 2 unspecified atom stereocenters. The van der Waals surface area contributed by atoms with Gasteiger partial charge in [0, 0.05) is 18.3 Å². The number of fused-ring (bicyclic) bond motifs is 1. The van der Waals surface area contributed by atoms with Crippen molar-refractivity contribution in [2.75, 3.05) is 17.2 Å². The fourth-order valence-corrected chi connectivity index (χ4v) is 4.57. The molecule has 0 saturated heterocycles. The number of carbonyl (C=O) groups excluding carboxylic acids is 1. The number of rotatable bonds is 6. The first-order valence-electron chi connectivity index (χ1n) is 10.9. The molecule has 4 rings (SSSR count). The Morgan fingerprint density at radius 1 is 1.26 bits per heavy atom. The van der Waals surface area contributed by atoms with Crippen LogP contribution in [-0.2, 0) is 23.8 Å². The first-order valence-corrected chi connectivity index (χ1v) is 11.7. The molecule has 1 aliphatic rings. The van der Waals surface area contributed by atoms with Crippen LogP contribution in [0.4, 0.5) is 24.0 Å². The van der Waals surface area contributed by atoms with Gasteiger partial charge in [0.25, 0.3) is 0 Å². The van der Waals surface area contributed by atoms with Crippen molar-refractivity contribution in [3.63, 3.8) is 0 Å². The van der Waals surface area contributed by atoms with Crippen LogP contribution in [0.3, 0.4) is 0 Å². The third-order valence-corrected chi connectivity index (χ3v) is 6.38. The Balaban J connectivity index is 1.48. The zero-order valence-corrected chi connectivity index (χ0v) is 19.6. The van der Waals surface area contributed by atoms with Crippen molar-refractivity contribution in [3.8, 4) is 22.3 Å². The average Bonchev–Trinajstić information content (AvgIpc) is 3.37. The number of halogens is 3. The SMILES string of the molecule is CC(O)C#Cc1nc(NCC(N)Cc2ccc(C(F)(F)F)cc2)sc1-c1ccc2c(c1)CC(=O)N2. The van der Waals surface area contributed by atoms with E-state index in [-0.39, 0.29) is 11.9 Å². The molecule has 10 heteroatoms. The molecule has 0 saturated carbocycles. The molecule has 182 valence electrons. The van der Waals surface area contributed by atoms with E-state index >= 15 is 0 Å². The number of anilines is 2. The zero-order valence-electron chi connectivity index (χ0n) is 18.7. The fraction of sp³-hybridized carbons (Fsp3) is 0.280. The molecule has 6 nitrogen and oxygen atoms in total. The molecule has 1 aromatic heterocycles. The molecule has 5 N–H and O–H groups in total. The van der Waals surface area contributed by atoms with Crippen LogP contribution in [0.5, 0.6) is 0 Å². The number of aliphatic hydroxyl groups is 1. The number of thiazole rings is 1. The second kappa shape index (κ2) is 10.1. The minimum atomic E-state index is -4.37. The van der Waals surface area contributed by atoms with Crippen molar-refractivity contribution in [3.05, 3.63) is 64.8 Å². The lowest BCUT2D eigenvalue weighted by Gasteiger charge is -2.13. The van der Waals surface area contributed by atoms with Gasteiger partial charge < -0.3 is 21.5 Å². The predicted molar refractivity (Wildman–Crippen MR) is 130 cm³/mol. The molecule has 0 aliphatic carbocycles. The van der Waals surface area contributed by atoms with Gasteiger partial charge in [0.05, 0.1) is 16.9 Å². The highest BCUT2D eigenvalue weighted by Gasteiger charge is 2.30. The molecule has 2 atom stereocenters. The maximum absolute atomic E-state index is 12.7. The van der Waals surface area contributed by atoms with Crippen LogP contribution in [-0.4, -0.2) is 34.7 Å². The number of hydrogen-bond donors (Lipinski definition) is 4. The molecule has 3 aromatic rings. The number of aliphatic hydroxyl groups excluding tert-OH is 1. The van der Waals surface area contributed by atoms with Crippen LogP contribution in [0, 0.1) is 11.8 Å². The van der Waals surface area contributed by atoms with E-state index in [2.05, 4.69) is 27.5 Å². The van der Waals surface area contributed by atoms with Gasteiger partial charge >= 0.3 is 6.18 Å². The molecular weight excluding hydrogens is 477 g/mol. The Morgan fingerprint density at radius 2 is 2.00 bits per heavy atom. The highest BCUT2D eigenvalue weighted by atomic mass is 32.1. The number of benzene rings is 2. The summed E-state index contributed by atoms with van der Waals surface area (Å²) in [6.45, 7) is 1.91. The first-order chi connectivity index (χ1) is 16.6. The minimum absolute atomic E-state index is 0.0556. The van der Waals surface area contributed by atoms with E-state index in [1.54, 1.807) is 6.92 Å². The van der Waals surface area contributed by atoms with E-state index in [1.165, 1.54) is 23.5 Å². The third kappa shape index (κ3) is 6.19. The van der Waals surface area contributed by atoms with Gasteiger partial charge in [0.2, 0.25) is 5.91 Å². The number of carbonyl (C=O) groups is 1. The second-order valence-electron chi connectivity index (χ2n) is 8.28. The summed E-state index contributed by atoms with van der Waals surface area (Å²) in [5, 5.41) is 16.1. The molecule has 1 amide bonds. The smallest absolute Gasteiger partial charge is 0.381 e. The van der Waals surface area contributed by atoms with Crippen molar-refractivity contribution in [1.29, 1.82) is 0 Å². The van der Waals surface area contributed by atoms with Crippen molar-refractivity contribution in [2.45, 2.75) is 38.1 Å². The lowest BCUT2D eigenvalue weighted by Crippen LogP contribution is -2.31. The Bertz CT molecular complexity index is 1290. The summed E-state index contributed by atoms with van der Waals surface area (Å²) in [5.74, 6) is 5.56. The van der Waals surface area contributed by atoms with Gasteiger partial charge in [-0.05, 0) is 60.2 Å². The molecule has 0 fully saturated rings. The van der Waals surface area contributed by atoms with Gasteiger partial charge in [-0.3, -0.25) is 4.79 Å². The number of nitrogens with two attached hydrogens (primary N) is 1. The van der Waals surface area contributed by atoms with E-state index in [4.69, 9.17) is 5.73 Å². The molecule has 1 aliphatic heterocycles. The summed E-state index contributed by atoms with van der Waals surface area (Å²) in [6.07, 6.45) is -4.49. The fourth-order valence-electron chi connectivity index (χ4n) is 3.64. The summed E-state index contributed by atoms with van der Waals surface area (Å²) in [6, 6.07) is 10.3. The Kier molecular flexibility index (Phi) is 7.12. The van der Waals surface area contributed by atoms with E-state index in [1.807, 2.05) is 18.2 Å². The molecule has 2 heterocycles. The number of aromatic nitrogens is 1. The van der Waals surface area contributed by atoms with E-state index in [0.29, 0.717) is 35.8 Å². The lowest BCUT2D eigenvalue weighted by molar-refractivity contribution is -0.137. The van der Waals surface area contributed by atoms with Crippen molar-refractivity contribution < 1.29 is 23.1 Å². The van der Waals surface area contributed by atoms with Crippen LogP contribution >= 0.6 is 11.3 Å². The number of nitrogens with one attached hydrogen (secondary N) is 2. The molecule has 2 aromatic carbocycles. The summed E-state index contributed by atoms with van der Waals surface area (Å²) >= 11 is 1.37. The van der Waals surface area contributed by atoms with Crippen LogP contribution in [0.25, 0.3) is 10.4 Å². The van der Waals surface area contributed by atoms with Crippen LogP contribution in [0.15, 0.2) is 42.5 Å². The van der Waals surface area contributed by atoms with Crippen LogP contribution in [0.2, 0.25) is 0 Å². The zero-order chi connectivity index (χ0) is 25.2. The van der Waals surface area contributed by atoms with Crippen LogP contribution in [0.1, 0.15) is 29.3 Å². The first kappa shape index (κ1) is 24.7. The molecule has 0 bridgehead atoms. The van der Waals surface area contributed by atoms with Crippen molar-refractivity contribution in [2.24, 2.45) is 5.73 Å². The number of alkyl halides is 3. The largest absolute Gasteiger partial charge is 0.416 e. The number of nitrogens with zero attached hydrogens (tertiary/aromatic N) is 1. The van der Waals surface area contributed by atoms with Gasteiger partial charge in [-0.2, -0.15) is 13.2 Å². The van der Waals surface area contributed by atoms with Crippen LogP contribution < -0.4 is 16.4 Å². The predicted octanol–water partition coefficient (Wildman–Crippen LogP) is 4.04. The van der Waals surface area contributed by atoms with E-state index in [9.17, 15) is 23.1 Å². The lowest BCUT2D eigenvalue weighted by atomic mass is 10.0. The summed E-state index contributed by atoms with van der Waals surface area (Å²) < 4.78 is 38.2. The van der Waals surface area contributed by atoms with Gasteiger partial charge in [-0.1, -0.05) is 35.5 Å². The number of amides is 1. The maximum Gasteiger partial charge on any atom is 0.416 e. The standard InChI is InChI=1S/C25H23F3N4O2S/c1-14(33)2-8-21-23(16-5-9-20-17(11-16)12-22(34)31-20)35-24(32-21)30-13-19(29)10-15-3-6-18(7-4-15)25(26,27)28/h3-7,9,11,14,19,33H,10,12-13,29H2,1H3,(H,30,32)(H,31,34). The van der Waals surface area contributed by atoms with Gasteiger partial charge in [-0.15, -0.1) is 0 Å². The molecular formula is C25H23F3N4O2S. The molecule has 35 heavy (non-hydrogen) atoms. The second-order valence-corrected chi connectivity index (χ2v) is 9.28. The quantitative estimate of drug-likeness (QED) is 0.383. The number of hydrogen-bond acceptors (Lipinski definition) is 6. The summed E-state index contributed by atoms with van der Waals surface area (Å²) in [5.41, 5.74) is 9.24. The Hall–Kier alpha value is -3.39. The monoisotopic (exact) mass is 500 g/mol. The summed E-state index contributed by atoms with van der Waals surface area (Å²) in [4.78, 5) is 17.0. The summed E-state index contributed by atoms with van der Waals surface area (Å²) in [7, 11) is 0. The van der Waals surface area contributed by atoms with Gasteiger partial charge in [-0.25, -0.2) is 4.98 Å². The van der Waals surface area contributed by atoms with E-state index in [0.717, 1.165) is 33.8 Å². The highest BCUT2D eigenvalue weighted by molar-refractivity contribution is 7.19. The maximum atomic E-state index is 12.7. The highest BCUT2D eigenvalue weighted by Crippen LogP contribution is 2.36.